The van der Waals surface area contributed by atoms with Crippen LogP contribution in [0.15, 0.2) is 18.2 Å². The summed E-state index contributed by atoms with van der Waals surface area (Å²) in [5, 5.41) is 5.33. The average molecular weight is 283 g/mol. The lowest BCUT2D eigenvalue weighted by Gasteiger charge is -2.22. The highest BCUT2D eigenvalue weighted by Gasteiger charge is 2.25. The molecule has 0 spiro atoms. The second-order valence-electron chi connectivity index (χ2n) is 4.42. The third kappa shape index (κ3) is 1.95. The number of nitrogens with two attached hydrogens (primary N) is 1. The highest BCUT2D eigenvalue weighted by molar-refractivity contribution is 6.42. The highest BCUT2D eigenvalue weighted by Crippen LogP contribution is 2.35. The Labute approximate surface area is 115 Å². The molecule has 2 heterocycles. The van der Waals surface area contributed by atoms with Gasteiger partial charge in [-0.15, -0.1) is 5.10 Å². The highest BCUT2D eigenvalue weighted by atomic mass is 35.5. The van der Waals surface area contributed by atoms with Gasteiger partial charge in [0.2, 0.25) is 5.95 Å². The number of anilines is 1. The quantitative estimate of drug-likeness (QED) is 0.875. The molecular weight excluding hydrogens is 271 g/mol. The van der Waals surface area contributed by atoms with Crippen molar-refractivity contribution in [1.82, 2.24) is 14.8 Å². The second kappa shape index (κ2) is 4.44. The molecule has 0 amide bonds. The number of benzene rings is 1. The van der Waals surface area contributed by atoms with Gasteiger partial charge in [-0.05, 0) is 30.5 Å². The van der Waals surface area contributed by atoms with E-state index in [4.69, 9.17) is 28.9 Å². The van der Waals surface area contributed by atoms with Crippen LogP contribution in [0.2, 0.25) is 10.0 Å². The van der Waals surface area contributed by atoms with Gasteiger partial charge in [0.05, 0.1) is 10.0 Å². The van der Waals surface area contributed by atoms with Crippen LogP contribution in [0.3, 0.4) is 0 Å². The van der Waals surface area contributed by atoms with Gasteiger partial charge >= 0.3 is 0 Å². The molecule has 3 rings (SSSR count). The van der Waals surface area contributed by atoms with Crippen LogP contribution >= 0.6 is 23.2 Å². The van der Waals surface area contributed by atoms with Crippen molar-refractivity contribution in [3.05, 3.63) is 39.6 Å². The van der Waals surface area contributed by atoms with E-state index >= 15 is 0 Å². The standard InChI is InChI=1S/C12H12Cl2N4/c13-9-4-3-7(6-10(9)14)8-2-1-5-18-11(8)16-12(15)17-18/h3-4,6,8H,1-2,5H2,(H2,15,17). The van der Waals surface area contributed by atoms with Crippen LogP contribution in [-0.4, -0.2) is 14.8 Å². The topological polar surface area (TPSA) is 56.7 Å². The minimum atomic E-state index is 0.193. The number of halogens is 2. The zero-order valence-electron chi connectivity index (χ0n) is 9.61. The first-order chi connectivity index (χ1) is 8.65. The molecule has 2 N–H and O–H groups in total. The lowest BCUT2D eigenvalue weighted by Crippen LogP contribution is -2.18. The maximum absolute atomic E-state index is 6.07. The third-order valence-electron chi connectivity index (χ3n) is 3.24. The molecule has 1 atom stereocenters. The van der Waals surface area contributed by atoms with Crippen molar-refractivity contribution in [2.45, 2.75) is 25.3 Å². The zero-order chi connectivity index (χ0) is 12.7. The van der Waals surface area contributed by atoms with Crippen molar-refractivity contribution in [2.75, 3.05) is 5.73 Å². The van der Waals surface area contributed by atoms with E-state index < -0.39 is 0 Å². The average Bonchev–Trinajstić information content (AvgIpc) is 2.72. The minimum absolute atomic E-state index is 0.193. The molecule has 0 saturated carbocycles. The van der Waals surface area contributed by atoms with E-state index in [1.807, 2.05) is 22.9 Å². The third-order valence-corrected chi connectivity index (χ3v) is 3.98. The van der Waals surface area contributed by atoms with Gasteiger partial charge < -0.3 is 5.73 Å². The van der Waals surface area contributed by atoms with Crippen LogP contribution in [0, 0.1) is 0 Å². The summed E-state index contributed by atoms with van der Waals surface area (Å²) >= 11 is 12.0. The molecule has 0 fully saturated rings. The summed E-state index contributed by atoms with van der Waals surface area (Å²) in [6, 6.07) is 5.70. The van der Waals surface area contributed by atoms with E-state index in [0.29, 0.717) is 16.0 Å². The van der Waals surface area contributed by atoms with Gasteiger partial charge in [0.25, 0.3) is 0 Å². The number of fused-ring (bicyclic) bond motifs is 1. The number of nitrogens with zero attached hydrogens (tertiary/aromatic N) is 3. The monoisotopic (exact) mass is 282 g/mol. The fourth-order valence-electron chi connectivity index (χ4n) is 2.41. The number of aromatic nitrogens is 3. The SMILES string of the molecule is Nc1nc2n(n1)CCCC2c1ccc(Cl)c(Cl)c1. The fourth-order valence-corrected chi connectivity index (χ4v) is 2.72. The predicted molar refractivity (Wildman–Crippen MR) is 72.0 cm³/mol. The molecule has 0 radical (unpaired) electrons. The summed E-state index contributed by atoms with van der Waals surface area (Å²) in [4.78, 5) is 4.31. The number of hydrogen-bond donors (Lipinski definition) is 1. The van der Waals surface area contributed by atoms with Crippen molar-refractivity contribution in [3.63, 3.8) is 0 Å². The Morgan fingerprint density at radius 3 is 2.89 bits per heavy atom. The van der Waals surface area contributed by atoms with Gasteiger partial charge in [-0.25, -0.2) is 4.68 Å². The lowest BCUT2D eigenvalue weighted by molar-refractivity contribution is 0.446. The molecule has 18 heavy (non-hydrogen) atoms. The summed E-state index contributed by atoms with van der Waals surface area (Å²) < 4.78 is 1.88. The normalized spacial score (nSPS) is 18.7. The number of rotatable bonds is 1. The first-order valence-corrected chi connectivity index (χ1v) is 6.56. The molecule has 1 unspecified atom stereocenters. The number of aryl methyl sites for hydroxylation is 1. The van der Waals surface area contributed by atoms with E-state index in [1.165, 1.54) is 0 Å². The van der Waals surface area contributed by atoms with Crippen molar-refractivity contribution < 1.29 is 0 Å². The van der Waals surface area contributed by atoms with Crippen molar-refractivity contribution in [3.8, 4) is 0 Å². The molecule has 1 aromatic heterocycles. The Morgan fingerprint density at radius 1 is 1.28 bits per heavy atom. The van der Waals surface area contributed by atoms with Crippen LogP contribution in [0.25, 0.3) is 0 Å². The molecule has 6 heteroatoms. The molecule has 1 aromatic carbocycles. The van der Waals surface area contributed by atoms with Crippen molar-refractivity contribution >= 4 is 29.2 Å². The van der Waals surface area contributed by atoms with Crippen LogP contribution < -0.4 is 5.73 Å². The molecule has 0 aliphatic carbocycles. The molecule has 2 aromatic rings. The van der Waals surface area contributed by atoms with E-state index in [1.54, 1.807) is 0 Å². The van der Waals surface area contributed by atoms with Gasteiger partial charge in [0.1, 0.15) is 5.82 Å². The van der Waals surface area contributed by atoms with Gasteiger partial charge in [-0.3, -0.25) is 0 Å². The van der Waals surface area contributed by atoms with Crippen molar-refractivity contribution in [2.24, 2.45) is 0 Å². The Hall–Kier alpha value is -1.26. The molecule has 1 aliphatic rings. The molecule has 0 bridgehead atoms. The molecule has 1 aliphatic heterocycles. The molecule has 4 nitrogen and oxygen atoms in total. The van der Waals surface area contributed by atoms with E-state index in [-0.39, 0.29) is 5.92 Å². The summed E-state index contributed by atoms with van der Waals surface area (Å²) in [5.41, 5.74) is 6.77. The van der Waals surface area contributed by atoms with Crippen LogP contribution in [0.1, 0.15) is 30.1 Å². The van der Waals surface area contributed by atoms with E-state index in [2.05, 4.69) is 10.1 Å². The van der Waals surface area contributed by atoms with Gasteiger partial charge in [0, 0.05) is 12.5 Å². The van der Waals surface area contributed by atoms with Gasteiger partial charge in [-0.1, -0.05) is 29.3 Å². The first-order valence-electron chi connectivity index (χ1n) is 5.80. The molecular formula is C12H12Cl2N4. The van der Waals surface area contributed by atoms with Crippen LogP contribution in [0.5, 0.6) is 0 Å². The number of nitrogen functional groups attached to an aromatic ring is 1. The zero-order valence-corrected chi connectivity index (χ0v) is 11.1. The Kier molecular flexibility index (Phi) is 2.92. The second-order valence-corrected chi connectivity index (χ2v) is 5.23. The summed E-state index contributed by atoms with van der Waals surface area (Å²) in [5.74, 6) is 1.44. The summed E-state index contributed by atoms with van der Waals surface area (Å²) in [6.07, 6.45) is 2.08. The Bertz CT molecular complexity index is 594. The van der Waals surface area contributed by atoms with Crippen LogP contribution in [0.4, 0.5) is 5.95 Å². The lowest BCUT2D eigenvalue weighted by atomic mass is 9.91. The van der Waals surface area contributed by atoms with Crippen molar-refractivity contribution in [1.29, 1.82) is 0 Å². The smallest absolute Gasteiger partial charge is 0.239 e. The maximum Gasteiger partial charge on any atom is 0.239 e. The van der Waals surface area contributed by atoms with Gasteiger partial charge in [-0.2, -0.15) is 4.98 Å². The molecule has 94 valence electrons. The van der Waals surface area contributed by atoms with Gasteiger partial charge in [0.15, 0.2) is 0 Å². The van der Waals surface area contributed by atoms with Crippen LogP contribution in [-0.2, 0) is 6.54 Å². The first kappa shape index (κ1) is 11.8. The largest absolute Gasteiger partial charge is 0.366 e. The summed E-state index contributed by atoms with van der Waals surface area (Å²) in [6.45, 7) is 0.872. The molecule has 0 saturated heterocycles. The Morgan fingerprint density at radius 2 is 2.11 bits per heavy atom. The summed E-state index contributed by atoms with van der Waals surface area (Å²) in [7, 11) is 0. The maximum atomic E-state index is 6.07. The number of hydrogen-bond acceptors (Lipinski definition) is 3. The fraction of sp³-hybridized carbons (Fsp3) is 0.333. The minimum Gasteiger partial charge on any atom is -0.366 e. The Balaban J connectivity index is 2.05. The van der Waals surface area contributed by atoms with E-state index in [9.17, 15) is 0 Å². The predicted octanol–water partition coefficient (Wildman–Crippen LogP) is 3.09. The van der Waals surface area contributed by atoms with E-state index in [0.717, 1.165) is 30.8 Å².